The molecule has 0 aromatic carbocycles. The molecule has 0 unspecified atom stereocenters. The maximum atomic E-state index is 9.48. The fourth-order valence-corrected chi connectivity index (χ4v) is 2.60. The van der Waals surface area contributed by atoms with Crippen LogP contribution in [0.15, 0.2) is 31.0 Å². The normalized spacial score (nSPS) is 29.5. The van der Waals surface area contributed by atoms with E-state index in [1.54, 1.807) is 12.3 Å². The lowest BCUT2D eigenvalue weighted by atomic mass is 9.96. The van der Waals surface area contributed by atoms with E-state index in [0.29, 0.717) is 22.3 Å². The molecule has 6 nitrogen and oxygen atoms in total. The van der Waals surface area contributed by atoms with Gasteiger partial charge in [-0.25, -0.2) is 9.97 Å². The molecule has 0 amide bonds. The predicted octanol–water partition coefficient (Wildman–Crippen LogP) is 3.47. The van der Waals surface area contributed by atoms with Crippen LogP contribution in [0.25, 0.3) is 22.3 Å². The second-order valence-corrected chi connectivity index (χ2v) is 5.03. The fraction of sp³-hybridized carbons (Fsp3) is 0.412. The van der Waals surface area contributed by atoms with E-state index in [1.807, 2.05) is 0 Å². The first-order chi connectivity index (χ1) is 14.3. The van der Waals surface area contributed by atoms with Crippen molar-refractivity contribution in [3.8, 4) is 17.3 Å². The van der Waals surface area contributed by atoms with E-state index in [9.17, 15) is 5.26 Å². The van der Waals surface area contributed by atoms with Crippen LogP contribution in [0.4, 0.5) is 0 Å². The molecule has 116 valence electrons. The fourth-order valence-electron chi connectivity index (χ4n) is 2.60. The SMILES string of the molecule is [2H]C1([2H])CC([2H])([C@@]([2H])(n2cc(-c3ncnc4[nH]ccc34)cn2)C([2H])([2H])C#N)CC1([2H])[2H]. The maximum absolute atomic E-state index is 9.48. The molecule has 23 heavy (non-hydrogen) atoms. The molecule has 0 aliphatic heterocycles. The molecule has 1 atom stereocenters. The van der Waals surface area contributed by atoms with E-state index < -0.39 is 43.9 Å². The predicted molar refractivity (Wildman–Crippen MR) is 86.3 cm³/mol. The molecule has 1 N–H and O–H groups in total. The van der Waals surface area contributed by atoms with Crippen LogP contribution < -0.4 is 0 Å². The molecule has 0 saturated heterocycles. The van der Waals surface area contributed by atoms with Crippen molar-refractivity contribution in [1.82, 2.24) is 24.7 Å². The van der Waals surface area contributed by atoms with Gasteiger partial charge in [-0.1, -0.05) is 12.7 Å². The lowest BCUT2D eigenvalue weighted by molar-refractivity contribution is 0.315. The standard InChI is InChI=1S/C17H18N6/c18-7-5-15(12-3-1-2-4-12)23-10-13(9-22-23)16-14-6-8-19-17(14)21-11-20-16/h6,8-12,15H,1-5H2,(H,19,20,21)/t15-/m0/s1/i1D2,2D2,5D2,12D,15D. The van der Waals surface area contributed by atoms with Gasteiger partial charge in [0.25, 0.3) is 0 Å². The van der Waals surface area contributed by atoms with Crippen LogP contribution in [0, 0.1) is 17.2 Å². The number of fused-ring (bicyclic) bond motifs is 1. The monoisotopic (exact) mass is 314 g/mol. The smallest absolute Gasteiger partial charge is 0.141 e. The average molecular weight is 314 g/mol. The summed E-state index contributed by atoms with van der Waals surface area (Å²) in [6.07, 6.45) is -3.92. The van der Waals surface area contributed by atoms with Gasteiger partial charge in [0.2, 0.25) is 0 Å². The maximum Gasteiger partial charge on any atom is 0.141 e. The van der Waals surface area contributed by atoms with Gasteiger partial charge in [0.05, 0.1) is 31.7 Å². The molecule has 1 saturated carbocycles. The molecule has 3 aromatic heterocycles. The van der Waals surface area contributed by atoms with Crippen molar-refractivity contribution < 1.29 is 11.0 Å². The summed E-state index contributed by atoms with van der Waals surface area (Å²) in [5.74, 6) is -2.32. The topological polar surface area (TPSA) is 83.2 Å². The zero-order valence-corrected chi connectivity index (χ0v) is 12.0. The number of aromatic nitrogens is 5. The number of nitrogens with one attached hydrogen (secondary N) is 1. The second-order valence-electron chi connectivity index (χ2n) is 5.03. The molecule has 1 aliphatic rings. The molecule has 1 aliphatic carbocycles. The second kappa shape index (κ2) is 5.84. The minimum absolute atomic E-state index is 0.380. The molecule has 3 heterocycles. The van der Waals surface area contributed by atoms with Crippen LogP contribution in [0.3, 0.4) is 0 Å². The van der Waals surface area contributed by atoms with Gasteiger partial charge in [-0.15, -0.1) is 0 Å². The molecule has 0 radical (unpaired) electrons. The largest absolute Gasteiger partial charge is 0.346 e. The van der Waals surface area contributed by atoms with Crippen LogP contribution in [0.5, 0.6) is 0 Å². The van der Waals surface area contributed by atoms with Crippen molar-refractivity contribution in [2.45, 2.75) is 38.0 Å². The van der Waals surface area contributed by atoms with Crippen molar-refractivity contribution >= 4 is 11.0 Å². The van der Waals surface area contributed by atoms with E-state index in [0.717, 1.165) is 4.68 Å². The Hall–Kier alpha value is -2.68. The zero-order valence-electron chi connectivity index (χ0n) is 20.0. The Morgan fingerprint density at radius 2 is 2.43 bits per heavy atom. The van der Waals surface area contributed by atoms with Gasteiger partial charge in [-0.05, 0) is 24.8 Å². The van der Waals surface area contributed by atoms with Crippen LogP contribution in [-0.4, -0.2) is 24.7 Å². The summed E-state index contributed by atoms with van der Waals surface area (Å²) in [5.41, 5.74) is 1.37. The first-order valence-electron chi connectivity index (χ1n) is 11.0. The molecular weight excluding hydrogens is 288 g/mol. The Bertz CT molecular complexity index is 1180. The third-order valence-corrected chi connectivity index (χ3v) is 3.68. The number of nitrogens with zero attached hydrogens (tertiary/aromatic N) is 5. The van der Waals surface area contributed by atoms with Crippen LogP contribution in [-0.2, 0) is 0 Å². The summed E-state index contributed by atoms with van der Waals surface area (Å²) < 4.78 is 67.0. The van der Waals surface area contributed by atoms with Crippen molar-refractivity contribution in [2.75, 3.05) is 0 Å². The van der Waals surface area contributed by atoms with Gasteiger partial charge in [0, 0.05) is 32.9 Å². The molecule has 0 spiro atoms. The number of hydrogen-bond donors (Lipinski definition) is 1. The summed E-state index contributed by atoms with van der Waals surface area (Å²) in [6, 6.07) is 0.392. The summed E-state index contributed by atoms with van der Waals surface area (Å²) in [5, 5.41) is 14.2. The first-order valence-corrected chi connectivity index (χ1v) is 7.03. The van der Waals surface area contributed by atoms with Gasteiger partial charge < -0.3 is 4.98 Å². The number of hydrogen-bond acceptors (Lipinski definition) is 4. The average Bonchev–Trinajstić information content (AvgIpc) is 3.38. The Labute approximate surface area is 145 Å². The number of H-pyrrole nitrogens is 1. The lowest BCUT2D eigenvalue weighted by Gasteiger charge is -2.21. The highest BCUT2D eigenvalue weighted by Gasteiger charge is 2.27. The van der Waals surface area contributed by atoms with Gasteiger partial charge in [-0.2, -0.15) is 10.4 Å². The van der Waals surface area contributed by atoms with Gasteiger partial charge >= 0.3 is 0 Å². The van der Waals surface area contributed by atoms with Crippen LogP contribution in [0.1, 0.15) is 48.9 Å². The van der Waals surface area contributed by atoms with Crippen LogP contribution in [0.2, 0.25) is 0 Å². The summed E-state index contributed by atoms with van der Waals surface area (Å²) in [4.78, 5) is 11.2. The van der Waals surface area contributed by atoms with E-state index in [4.69, 9.17) is 11.0 Å². The molecule has 1 fully saturated rings. The molecular formula is C17H18N6. The summed E-state index contributed by atoms with van der Waals surface area (Å²) in [6.45, 7) is 0. The minimum atomic E-state index is -2.98. The third kappa shape index (κ3) is 2.48. The van der Waals surface area contributed by atoms with Crippen molar-refractivity contribution in [1.29, 1.82) is 5.26 Å². The quantitative estimate of drug-likeness (QED) is 0.799. The first kappa shape index (κ1) is 7.73. The highest BCUT2D eigenvalue weighted by Crippen LogP contribution is 2.36. The lowest BCUT2D eigenvalue weighted by Crippen LogP contribution is -2.17. The summed E-state index contributed by atoms with van der Waals surface area (Å²) in [7, 11) is 0. The van der Waals surface area contributed by atoms with E-state index in [1.165, 1.54) is 24.8 Å². The Morgan fingerprint density at radius 1 is 1.57 bits per heavy atom. The van der Waals surface area contributed by atoms with Crippen LogP contribution >= 0.6 is 0 Å². The number of nitriles is 1. The highest BCUT2D eigenvalue weighted by atomic mass is 15.3. The van der Waals surface area contributed by atoms with Crippen molar-refractivity contribution in [3.63, 3.8) is 0 Å². The van der Waals surface area contributed by atoms with Gasteiger partial charge in [-0.3, -0.25) is 4.68 Å². The van der Waals surface area contributed by atoms with Crippen molar-refractivity contribution in [3.05, 3.63) is 31.0 Å². The number of rotatable bonds is 4. The Morgan fingerprint density at radius 3 is 3.26 bits per heavy atom. The van der Waals surface area contributed by atoms with E-state index in [2.05, 4.69) is 20.1 Å². The molecule has 3 aromatic rings. The zero-order chi connectivity index (χ0) is 22.9. The Kier molecular flexibility index (Phi) is 1.96. The van der Waals surface area contributed by atoms with E-state index in [-0.39, 0.29) is 0 Å². The van der Waals surface area contributed by atoms with Gasteiger partial charge in [0.1, 0.15) is 12.0 Å². The van der Waals surface area contributed by atoms with Crippen molar-refractivity contribution in [2.24, 2.45) is 5.89 Å². The third-order valence-electron chi connectivity index (χ3n) is 3.68. The molecule has 4 rings (SSSR count). The Balaban J connectivity index is 1.88. The highest BCUT2D eigenvalue weighted by molar-refractivity contribution is 5.89. The molecule has 0 bridgehead atoms. The van der Waals surface area contributed by atoms with E-state index >= 15 is 0 Å². The molecule has 6 heteroatoms. The summed E-state index contributed by atoms with van der Waals surface area (Å²) >= 11 is 0. The van der Waals surface area contributed by atoms with Gasteiger partial charge in [0.15, 0.2) is 0 Å². The minimum Gasteiger partial charge on any atom is -0.346 e. The number of aromatic amines is 1.